The summed E-state index contributed by atoms with van der Waals surface area (Å²) in [6, 6.07) is 16.9. The Balaban J connectivity index is 2.03. The number of ketones is 1. The number of allylic oxidation sites excluding steroid dienone is 1. The summed E-state index contributed by atoms with van der Waals surface area (Å²) in [6.45, 7) is 3.98. The fraction of sp³-hybridized carbons (Fsp3) is 0.167. The Kier molecular flexibility index (Phi) is 4.72. The van der Waals surface area contributed by atoms with Gasteiger partial charge in [0.2, 0.25) is 0 Å². The Labute approximate surface area is 119 Å². The van der Waals surface area contributed by atoms with Gasteiger partial charge in [-0.05, 0) is 37.6 Å². The topological polar surface area (TPSA) is 26.3 Å². The quantitative estimate of drug-likeness (QED) is 0.593. The standard InChI is InChI=1S/C18H18O2/c1-14(2)20-17-11-8-15(9-12-17)10-13-18(19)16-6-4-3-5-7-16/h3-14H,1-2H3. The molecule has 0 bridgehead atoms. The van der Waals surface area contributed by atoms with Crippen LogP contribution in [0.5, 0.6) is 5.75 Å². The highest BCUT2D eigenvalue weighted by Crippen LogP contribution is 2.15. The van der Waals surface area contributed by atoms with Gasteiger partial charge in [-0.1, -0.05) is 48.5 Å². The first-order chi connectivity index (χ1) is 9.65. The second-order valence-corrected chi connectivity index (χ2v) is 4.80. The minimum absolute atomic E-state index is 0.00751. The second-order valence-electron chi connectivity index (χ2n) is 4.80. The van der Waals surface area contributed by atoms with Crippen LogP contribution in [0.15, 0.2) is 60.7 Å². The summed E-state index contributed by atoms with van der Waals surface area (Å²) in [6.07, 6.45) is 3.57. The predicted octanol–water partition coefficient (Wildman–Crippen LogP) is 4.37. The Morgan fingerprint density at radius 1 is 1.00 bits per heavy atom. The van der Waals surface area contributed by atoms with Crippen LogP contribution in [0.4, 0.5) is 0 Å². The molecule has 102 valence electrons. The highest BCUT2D eigenvalue weighted by molar-refractivity contribution is 6.06. The van der Waals surface area contributed by atoms with Crippen LogP contribution in [-0.2, 0) is 0 Å². The van der Waals surface area contributed by atoms with Crippen molar-refractivity contribution >= 4 is 11.9 Å². The van der Waals surface area contributed by atoms with Crippen LogP contribution in [0, 0.1) is 0 Å². The SMILES string of the molecule is CC(C)Oc1ccc(C=CC(=O)c2ccccc2)cc1. The maximum absolute atomic E-state index is 11.9. The molecular formula is C18H18O2. The van der Waals surface area contributed by atoms with Crippen molar-refractivity contribution in [1.82, 2.24) is 0 Å². The van der Waals surface area contributed by atoms with Crippen molar-refractivity contribution in [1.29, 1.82) is 0 Å². The van der Waals surface area contributed by atoms with Crippen LogP contribution in [0.25, 0.3) is 6.08 Å². The fourth-order valence-corrected chi connectivity index (χ4v) is 1.80. The van der Waals surface area contributed by atoms with E-state index in [2.05, 4.69) is 0 Å². The Morgan fingerprint density at radius 2 is 1.65 bits per heavy atom. The normalized spacial score (nSPS) is 10.9. The van der Waals surface area contributed by atoms with Crippen molar-refractivity contribution in [2.24, 2.45) is 0 Å². The van der Waals surface area contributed by atoms with Crippen LogP contribution in [0.3, 0.4) is 0 Å². The zero-order valence-corrected chi connectivity index (χ0v) is 11.7. The van der Waals surface area contributed by atoms with Gasteiger partial charge in [0.25, 0.3) is 0 Å². The summed E-state index contributed by atoms with van der Waals surface area (Å²) in [5.41, 5.74) is 1.67. The molecule has 0 aromatic heterocycles. The van der Waals surface area contributed by atoms with Crippen molar-refractivity contribution in [2.75, 3.05) is 0 Å². The van der Waals surface area contributed by atoms with Gasteiger partial charge in [-0.15, -0.1) is 0 Å². The van der Waals surface area contributed by atoms with Crippen molar-refractivity contribution in [3.05, 3.63) is 71.8 Å². The number of carbonyl (C=O) groups excluding carboxylic acids is 1. The van der Waals surface area contributed by atoms with Gasteiger partial charge in [0, 0.05) is 5.56 Å². The molecule has 0 N–H and O–H groups in total. The van der Waals surface area contributed by atoms with E-state index in [0.29, 0.717) is 5.56 Å². The molecule has 0 amide bonds. The van der Waals surface area contributed by atoms with Gasteiger partial charge in [0.05, 0.1) is 6.10 Å². The first-order valence-corrected chi connectivity index (χ1v) is 6.69. The summed E-state index contributed by atoms with van der Waals surface area (Å²) in [5, 5.41) is 0. The maximum atomic E-state index is 11.9. The first-order valence-electron chi connectivity index (χ1n) is 6.69. The number of hydrogen-bond acceptors (Lipinski definition) is 2. The predicted molar refractivity (Wildman–Crippen MR) is 82.0 cm³/mol. The van der Waals surface area contributed by atoms with E-state index in [1.165, 1.54) is 0 Å². The van der Waals surface area contributed by atoms with Crippen molar-refractivity contribution in [3.63, 3.8) is 0 Å². The van der Waals surface area contributed by atoms with Crippen LogP contribution >= 0.6 is 0 Å². The Bertz CT molecular complexity index is 581. The molecule has 0 saturated carbocycles. The van der Waals surface area contributed by atoms with Crippen LogP contribution in [-0.4, -0.2) is 11.9 Å². The third-order valence-corrected chi connectivity index (χ3v) is 2.74. The summed E-state index contributed by atoms with van der Waals surface area (Å²) >= 11 is 0. The molecule has 0 heterocycles. The number of benzene rings is 2. The van der Waals surface area contributed by atoms with Gasteiger partial charge in [-0.2, -0.15) is 0 Å². The lowest BCUT2D eigenvalue weighted by Crippen LogP contribution is -2.05. The van der Waals surface area contributed by atoms with Crippen molar-refractivity contribution in [3.8, 4) is 5.75 Å². The fourth-order valence-electron chi connectivity index (χ4n) is 1.80. The number of ether oxygens (including phenoxy) is 1. The number of carbonyl (C=O) groups is 1. The van der Waals surface area contributed by atoms with Gasteiger partial charge in [0.15, 0.2) is 5.78 Å². The zero-order valence-electron chi connectivity index (χ0n) is 11.7. The molecule has 20 heavy (non-hydrogen) atoms. The van der Waals surface area contributed by atoms with Crippen molar-refractivity contribution in [2.45, 2.75) is 20.0 Å². The van der Waals surface area contributed by atoms with E-state index < -0.39 is 0 Å². The highest BCUT2D eigenvalue weighted by Gasteiger charge is 2.00. The summed E-state index contributed by atoms with van der Waals surface area (Å²) in [4.78, 5) is 11.9. The summed E-state index contributed by atoms with van der Waals surface area (Å²) < 4.78 is 5.57. The lowest BCUT2D eigenvalue weighted by atomic mass is 10.1. The molecule has 0 unspecified atom stereocenters. The molecule has 2 nitrogen and oxygen atoms in total. The number of hydrogen-bond donors (Lipinski definition) is 0. The molecule has 2 rings (SSSR count). The second kappa shape index (κ2) is 6.71. The molecule has 2 aromatic carbocycles. The van der Waals surface area contributed by atoms with Crippen LogP contribution < -0.4 is 4.74 Å². The van der Waals surface area contributed by atoms with E-state index >= 15 is 0 Å². The summed E-state index contributed by atoms with van der Waals surface area (Å²) in [7, 11) is 0. The van der Waals surface area contributed by atoms with Crippen LogP contribution in [0.2, 0.25) is 0 Å². The van der Waals surface area contributed by atoms with Crippen LogP contribution in [0.1, 0.15) is 29.8 Å². The molecule has 0 spiro atoms. The molecule has 0 aliphatic heterocycles. The zero-order chi connectivity index (χ0) is 14.4. The van der Waals surface area contributed by atoms with E-state index in [1.807, 2.05) is 74.5 Å². The molecule has 0 saturated heterocycles. The van der Waals surface area contributed by atoms with E-state index in [0.717, 1.165) is 11.3 Å². The molecule has 0 aliphatic carbocycles. The largest absolute Gasteiger partial charge is 0.491 e. The maximum Gasteiger partial charge on any atom is 0.185 e. The van der Waals surface area contributed by atoms with Gasteiger partial charge in [0.1, 0.15) is 5.75 Å². The summed E-state index contributed by atoms with van der Waals surface area (Å²) in [5.74, 6) is 0.847. The Hall–Kier alpha value is -2.35. The average Bonchev–Trinajstić information content (AvgIpc) is 2.46. The van der Waals surface area contributed by atoms with Gasteiger partial charge < -0.3 is 4.74 Å². The first kappa shape index (κ1) is 14.1. The van der Waals surface area contributed by atoms with E-state index in [1.54, 1.807) is 6.08 Å². The Morgan fingerprint density at radius 3 is 2.25 bits per heavy atom. The van der Waals surface area contributed by atoms with E-state index in [-0.39, 0.29) is 11.9 Å². The molecule has 2 heteroatoms. The smallest absolute Gasteiger partial charge is 0.185 e. The molecular weight excluding hydrogens is 248 g/mol. The van der Waals surface area contributed by atoms with Crippen molar-refractivity contribution < 1.29 is 9.53 Å². The average molecular weight is 266 g/mol. The third kappa shape index (κ3) is 4.09. The van der Waals surface area contributed by atoms with E-state index in [9.17, 15) is 4.79 Å². The molecule has 0 fully saturated rings. The number of rotatable bonds is 5. The third-order valence-electron chi connectivity index (χ3n) is 2.74. The van der Waals surface area contributed by atoms with Gasteiger partial charge in [-0.3, -0.25) is 4.79 Å². The molecule has 0 atom stereocenters. The minimum atomic E-state index is 0.00751. The van der Waals surface area contributed by atoms with E-state index in [4.69, 9.17) is 4.74 Å². The monoisotopic (exact) mass is 266 g/mol. The minimum Gasteiger partial charge on any atom is -0.491 e. The molecule has 2 aromatic rings. The van der Waals surface area contributed by atoms with Gasteiger partial charge >= 0.3 is 0 Å². The van der Waals surface area contributed by atoms with Gasteiger partial charge in [-0.25, -0.2) is 0 Å². The highest BCUT2D eigenvalue weighted by atomic mass is 16.5. The lowest BCUT2D eigenvalue weighted by Gasteiger charge is -2.09. The molecule has 0 radical (unpaired) electrons. The molecule has 0 aliphatic rings. The lowest BCUT2D eigenvalue weighted by molar-refractivity contribution is 0.104.